The first-order valence-electron chi connectivity index (χ1n) is 5.55. The molecule has 1 radical (unpaired) electrons. The molecule has 0 N–H and O–H groups in total. The summed E-state index contributed by atoms with van der Waals surface area (Å²) in [5.41, 5.74) is 0. The maximum atomic E-state index is 10.3. The topological polar surface area (TPSA) is 23.1 Å². The third kappa shape index (κ3) is 9.77. The number of allylic oxidation sites excluding steroid dienone is 8. The number of benzene rings is 1. The van der Waals surface area contributed by atoms with Crippen LogP contribution in [0.1, 0.15) is 12.8 Å². The summed E-state index contributed by atoms with van der Waals surface area (Å²) in [6, 6.07) is 8.33. The third-order valence-corrected chi connectivity index (χ3v) is 1.91. The van der Waals surface area contributed by atoms with Gasteiger partial charge < -0.3 is 5.11 Å². The van der Waals surface area contributed by atoms with Gasteiger partial charge >= 0.3 is 0 Å². The zero-order valence-electron chi connectivity index (χ0n) is 10.1. The molecule has 18 heavy (non-hydrogen) atoms. The largest absolute Gasteiger partial charge is 0.872 e. The number of rotatable bonds is 0. The van der Waals surface area contributed by atoms with Gasteiger partial charge in [-0.15, -0.1) is 18.6 Å². The monoisotopic (exact) mass is 274 g/mol. The van der Waals surface area contributed by atoms with Crippen LogP contribution < -0.4 is 5.11 Å². The quantitative estimate of drug-likeness (QED) is 0.665. The van der Waals surface area contributed by atoms with E-state index in [1.54, 1.807) is 12.1 Å². The molecule has 93 valence electrons. The van der Waals surface area contributed by atoms with Crippen molar-refractivity contribution in [3.8, 4) is 5.75 Å². The Morgan fingerprint density at radius 1 is 0.833 bits per heavy atom. The molecule has 0 saturated heterocycles. The summed E-state index contributed by atoms with van der Waals surface area (Å²) in [4.78, 5) is 0. The second-order valence-corrected chi connectivity index (χ2v) is 3.32. The molecule has 0 aliphatic heterocycles. The Bertz CT molecular complexity index is 360. The van der Waals surface area contributed by atoms with Crippen molar-refractivity contribution in [3.63, 3.8) is 0 Å². The molecular weight excluding hydrogens is 259 g/mol. The van der Waals surface area contributed by atoms with E-state index in [9.17, 15) is 5.11 Å². The molecular formula is C16H15OV-3. The van der Waals surface area contributed by atoms with E-state index in [0.717, 1.165) is 12.8 Å². The van der Waals surface area contributed by atoms with Gasteiger partial charge in [0, 0.05) is 18.6 Å². The van der Waals surface area contributed by atoms with Crippen LogP contribution in [0.15, 0.2) is 66.8 Å². The number of hydrogen-bond acceptors (Lipinski definition) is 1. The molecule has 2 aliphatic carbocycles. The molecule has 0 spiro atoms. The zero-order chi connectivity index (χ0) is 12.2. The summed E-state index contributed by atoms with van der Waals surface area (Å²) in [7, 11) is 0. The maximum Gasteiger partial charge on any atom is 0 e. The number of hydrogen-bond donors (Lipinski definition) is 0. The second-order valence-electron chi connectivity index (χ2n) is 3.32. The Morgan fingerprint density at radius 2 is 1.33 bits per heavy atom. The van der Waals surface area contributed by atoms with Crippen molar-refractivity contribution in [1.82, 2.24) is 0 Å². The van der Waals surface area contributed by atoms with E-state index in [1.807, 2.05) is 30.4 Å². The molecule has 2 aliphatic rings. The van der Waals surface area contributed by atoms with Crippen molar-refractivity contribution in [1.29, 1.82) is 0 Å². The van der Waals surface area contributed by atoms with Crippen LogP contribution in [-0.2, 0) is 18.6 Å². The summed E-state index contributed by atoms with van der Waals surface area (Å²) < 4.78 is 0. The Balaban J connectivity index is 0.000000239. The van der Waals surface area contributed by atoms with Crippen molar-refractivity contribution in [2.24, 2.45) is 0 Å². The molecule has 0 heterocycles. The molecule has 1 aromatic rings. The SMILES string of the molecule is [C-]1=CC=CC1.[C-]1=CC=CC1.[O-]c1ccccc1.[V]. The van der Waals surface area contributed by atoms with Crippen LogP contribution in [0.4, 0.5) is 0 Å². The first kappa shape index (κ1) is 16.6. The minimum absolute atomic E-state index is 0. The van der Waals surface area contributed by atoms with Crippen LogP contribution >= 0.6 is 0 Å². The molecule has 3 rings (SSSR count). The summed E-state index contributed by atoms with van der Waals surface area (Å²) in [5.74, 6) is 0.0718. The predicted molar refractivity (Wildman–Crippen MR) is 69.0 cm³/mol. The van der Waals surface area contributed by atoms with Crippen LogP contribution in [0.3, 0.4) is 0 Å². The Morgan fingerprint density at radius 3 is 1.50 bits per heavy atom. The molecule has 0 unspecified atom stereocenters. The van der Waals surface area contributed by atoms with Crippen molar-refractivity contribution in [2.75, 3.05) is 0 Å². The summed E-state index contributed by atoms with van der Waals surface area (Å²) in [5, 5.41) is 10.3. The maximum absolute atomic E-state index is 10.3. The van der Waals surface area contributed by atoms with E-state index in [2.05, 4.69) is 24.3 Å². The Hall–Kier alpha value is -1.44. The Kier molecular flexibility index (Phi) is 11.1. The van der Waals surface area contributed by atoms with Gasteiger partial charge in [-0.2, -0.15) is 12.2 Å². The first-order chi connectivity index (χ1) is 8.39. The van der Waals surface area contributed by atoms with Gasteiger partial charge in [0.15, 0.2) is 0 Å². The summed E-state index contributed by atoms with van der Waals surface area (Å²) in [6.07, 6.45) is 20.0. The standard InChI is InChI=1S/C6H6O.2C5H5.V/c7-6-4-2-1-3-5-6;2*1-2-4-5-3-1;/h1-5,7H;2*1-3H,4H2;/q;2*-1;/p-1. The van der Waals surface area contributed by atoms with E-state index in [4.69, 9.17) is 0 Å². The minimum atomic E-state index is 0. The molecule has 1 aromatic carbocycles. The smallest absolute Gasteiger partial charge is 0 e. The van der Waals surface area contributed by atoms with Crippen LogP contribution in [0, 0.1) is 12.2 Å². The van der Waals surface area contributed by atoms with E-state index >= 15 is 0 Å². The fourth-order valence-corrected chi connectivity index (χ4v) is 1.10. The summed E-state index contributed by atoms with van der Waals surface area (Å²) >= 11 is 0. The molecule has 0 amide bonds. The van der Waals surface area contributed by atoms with E-state index in [-0.39, 0.29) is 24.3 Å². The first-order valence-corrected chi connectivity index (χ1v) is 5.55. The van der Waals surface area contributed by atoms with E-state index in [0.29, 0.717) is 0 Å². The van der Waals surface area contributed by atoms with E-state index in [1.165, 1.54) is 12.1 Å². The van der Waals surface area contributed by atoms with Crippen molar-refractivity contribution in [2.45, 2.75) is 12.8 Å². The van der Waals surface area contributed by atoms with Gasteiger partial charge in [0.2, 0.25) is 0 Å². The predicted octanol–water partition coefficient (Wildman–Crippen LogP) is 3.37. The Labute approximate surface area is 121 Å². The van der Waals surface area contributed by atoms with Gasteiger partial charge in [-0.25, -0.2) is 24.3 Å². The van der Waals surface area contributed by atoms with Crippen LogP contribution in [0.5, 0.6) is 5.75 Å². The number of para-hydroxylation sites is 1. The van der Waals surface area contributed by atoms with Crippen LogP contribution in [0.25, 0.3) is 0 Å². The van der Waals surface area contributed by atoms with Crippen molar-refractivity contribution in [3.05, 3.63) is 78.9 Å². The summed E-state index contributed by atoms with van der Waals surface area (Å²) in [6.45, 7) is 0. The normalized spacial score (nSPS) is 13.1. The molecule has 0 bridgehead atoms. The molecule has 1 nitrogen and oxygen atoms in total. The fourth-order valence-electron chi connectivity index (χ4n) is 1.10. The molecule has 2 heteroatoms. The molecule has 0 atom stereocenters. The second kappa shape index (κ2) is 12.0. The van der Waals surface area contributed by atoms with Gasteiger partial charge in [0.25, 0.3) is 0 Å². The molecule has 0 fully saturated rings. The van der Waals surface area contributed by atoms with Gasteiger partial charge in [0.05, 0.1) is 0 Å². The van der Waals surface area contributed by atoms with Gasteiger partial charge in [0.1, 0.15) is 0 Å². The average molecular weight is 274 g/mol. The molecule has 0 saturated carbocycles. The fraction of sp³-hybridized carbons (Fsp3) is 0.125. The van der Waals surface area contributed by atoms with Crippen molar-refractivity contribution < 1.29 is 23.7 Å². The average Bonchev–Trinajstić information content (AvgIpc) is 3.09. The van der Waals surface area contributed by atoms with Gasteiger partial charge in [-0.05, 0) is 0 Å². The molecule has 0 aromatic heterocycles. The van der Waals surface area contributed by atoms with E-state index < -0.39 is 0 Å². The van der Waals surface area contributed by atoms with Crippen molar-refractivity contribution >= 4 is 0 Å². The van der Waals surface area contributed by atoms with Crippen LogP contribution in [-0.4, -0.2) is 0 Å². The van der Waals surface area contributed by atoms with Crippen LogP contribution in [0.2, 0.25) is 0 Å². The van der Waals surface area contributed by atoms with Gasteiger partial charge in [-0.1, -0.05) is 30.3 Å². The van der Waals surface area contributed by atoms with Gasteiger partial charge in [-0.3, -0.25) is 12.2 Å². The minimum Gasteiger partial charge on any atom is -0.872 e. The zero-order valence-corrected chi connectivity index (χ0v) is 11.5. The third-order valence-electron chi connectivity index (χ3n) is 1.91.